The van der Waals surface area contributed by atoms with Crippen molar-refractivity contribution in [2.24, 2.45) is 0 Å². The molecule has 4 nitrogen and oxygen atoms in total. The molecule has 1 rings (SSSR count). The van der Waals surface area contributed by atoms with Gasteiger partial charge in [-0.3, -0.25) is 9.59 Å². The Morgan fingerprint density at radius 3 is 2.47 bits per heavy atom. The highest BCUT2D eigenvalue weighted by molar-refractivity contribution is 5.95. The smallest absolute Gasteiger partial charge is 0.307 e. The highest BCUT2D eigenvalue weighted by atomic mass is 16.5. The highest BCUT2D eigenvalue weighted by Gasteiger charge is 2.17. The number of ether oxygens (including phenoxy) is 1. The van der Waals surface area contributed by atoms with Crippen LogP contribution in [-0.4, -0.2) is 37.0 Å². The monoisotopic (exact) mass is 263 g/mol. The van der Waals surface area contributed by atoms with E-state index in [2.05, 4.69) is 4.74 Å². The van der Waals surface area contributed by atoms with E-state index in [0.29, 0.717) is 18.7 Å². The van der Waals surface area contributed by atoms with Gasteiger partial charge >= 0.3 is 5.97 Å². The zero-order chi connectivity index (χ0) is 14.4. The molecule has 0 aliphatic carbocycles. The molecule has 0 radical (unpaired) electrons. The van der Waals surface area contributed by atoms with E-state index in [0.717, 1.165) is 11.1 Å². The maximum atomic E-state index is 12.4. The summed E-state index contributed by atoms with van der Waals surface area (Å²) in [6.45, 7) is 6.78. The Hall–Kier alpha value is -1.84. The van der Waals surface area contributed by atoms with Crippen LogP contribution in [0.3, 0.4) is 0 Å². The van der Waals surface area contributed by atoms with Crippen molar-refractivity contribution < 1.29 is 14.3 Å². The molecule has 0 aromatic heterocycles. The number of hydrogen-bond donors (Lipinski definition) is 0. The van der Waals surface area contributed by atoms with Gasteiger partial charge in [-0.2, -0.15) is 0 Å². The first-order valence-electron chi connectivity index (χ1n) is 6.43. The number of aryl methyl sites for hydroxylation is 2. The van der Waals surface area contributed by atoms with Crippen LogP contribution in [0.5, 0.6) is 0 Å². The first-order chi connectivity index (χ1) is 8.99. The second kappa shape index (κ2) is 6.92. The maximum Gasteiger partial charge on any atom is 0.307 e. The molecule has 1 amide bonds. The molecule has 0 saturated heterocycles. The Balaban J connectivity index is 2.80. The van der Waals surface area contributed by atoms with E-state index in [9.17, 15) is 9.59 Å². The van der Waals surface area contributed by atoms with Gasteiger partial charge in [0.1, 0.15) is 0 Å². The fourth-order valence-electron chi connectivity index (χ4n) is 1.96. The van der Waals surface area contributed by atoms with Crippen LogP contribution in [0.25, 0.3) is 0 Å². The van der Waals surface area contributed by atoms with E-state index < -0.39 is 0 Å². The molecule has 1 aromatic carbocycles. The molecular weight excluding hydrogens is 242 g/mol. The van der Waals surface area contributed by atoms with Crippen LogP contribution in [0.15, 0.2) is 18.2 Å². The van der Waals surface area contributed by atoms with Crippen LogP contribution in [0, 0.1) is 13.8 Å². The lowest BCUT2D eigenvalue weighted by atomic mass is 10.0. The summed E-state index contributed by atoms with van der Waals surface area (Å²) < 4.78 is 4.59. The lowest BCUT2D eigenvalue weighted by Gasteiger charge is -2.21. The normalized spacial score (nSPS) is 10.1. The van der Waals surface area contributed by atoms with Crippen LogP contribution < -0.4 is 0 Å². The second-order valence-electron chi connectivity index (χ2n) is 4.53. The largest absolute Gasteiger partial charge is 0.469 e. The summed E-state index contributed by atoms with van der Waals surface area (Å²) in [5.41, 5.74) is 2.78. The molecule has 0 heterocycles. The molecule has 0 saturated carbocycles. The molecular formula is C15H21NO3. The van der Waals surface area contributed by atoms with Crippen molar-refractivity contribution in [2.45, 2.75) is 27.2 Å². The molecule has 1 aromatic rings. The standard InChI is InChI=1S/C15H21NO3/c1-5-16(9-8-14(17)19-4)15(18)13-7-6-11(2)10-12(13)3/h6-7,10H,5,8-9H2,1-4H3. The third-order valence-corrected chi connectivity index (χ3v) is 3.09. The Kier molecular flexibility index (Phi) is 5.55. The van der Waals surface area contributed by atoms with Gasteiger partial charge in [-0.1, -0.05) is 17.7 Å². The van der Waals surface area contributed by atoms with E-state index in [4.69, 9.17) is 0 Å². The van der Waals surface area contributed by atoms with Crippen LogP contribution in [0.1, 0.15) is 34.8 Å². The summed E-state index contributed by atoms with van der Waals surface area (Å²) in [5, 5.41) is 0. The van der Waals surface area contributed by atoms with Gasteiger partial charge < -0.3 is 9.64 Å². The number of nitrogens with zero attached hydrogens (tertiary/aromatic N) is 1. The molecule has 0 fully saturated rings. The fraction of sp³-hybridized carbons (Fsp3) is 0.467. The van der Waals surface area contributed by atoms with Crippen molar-refractivity contribution in [1.29, 1.82) is 0 Å². The minimum absolute atomic E-state index is 0.0381. The molecule has 19 heavy (non-hydrogen) atoms. The highest BCUT2D eigenvalue weighted by Crippen LogP contribution is 2.13. The molecule has 0 atom stereocenters. The first-order valence-corrected chi connectivity index (χ1v) is 6.43. The van der Waals surface area contributed by atoms with Crippen LogP contribution in [0.4, 0.5) is 0 Å². The van der Waals surface area contributed by atoms with Crippen LogP contribution in [0.2, 0.25) is 0 Å². The van der Waals surface area contributed by atoms with E-state index in [1.807, 2.05) is 39.0 Å². The summed E-state index contributed by atoms with van der Waals surface area (Å²) >= 11 is 0. The van der Waals surface area contributed by atoms with Gasteiger partial charge in [0.15, 0.2) is 0 Å². The lowest BCUT2D eigenvalue weighted by molar-refractivity contribution is -0.140. The summed E-state index contributed by atoms with van der Waals surface area (Å²) in [6, 6.07) is 5.75. The van der Waals surface area contributed by atoms with Crippen molar-refractivity contribution in [3.05, 3.63) is 34.9 Å². The zero-order valence-electron chi connectivity index (χ0n) is 12.0. The number of esters is 1. The average molecular weight is 263 g/mol. The van der Waals surface area contributed by atoms with Gasteiger partial charge in [0, 0.05) is 18.7 Å². The molecule has 0 aliphatic heterocycles. The van der Waals surface area contributed by atoms with E-state index in [1.165, 1.54) is 7.11 Å². The number of methoxy groups -OCH3 is 1. The van der Waals surface area contributed by atoms with Gasteiger partial charge in [-0.25, -0.2) is 0 Å². The number of amides is 1. The number of benzene rings is 1. The predicted octanol–water partition coefficient (Wildman–Crippen LogP) is 2.33. The number of carbonyl (C=O) groups is 2. The second-order valence-corrected chi connectivity index (χ2v) is 4.53. The molecule has 0 aliphatic rings. The van der Waals surface area contributed by atoms with Crippen molar-refractivity contribution in [3.63, 3.8) is 0 Å². The maximum absolute atomic E-state index is 12.4. The van der Waals surface area contributed by atoms with Crippen molar-refractivity contribution in [2.75, 3.05) is 20.2 Å². The van der Waals surface area contributed by atoms with Crippen molar-refractivity contribution >= 4 is 11.9 Å². The fourth-order valence-corrected chi connectivity index (χ4v) is 1.96. The van der Waals surface area contributed by atoms with E-state index in [-0.39, 0.29) is 18.3 Å². The summed E-state index contributed by atoms with van der Waals surface area (Å²) in [7, 11) is 1.35. The Morgan fingerprint density at radius 2 is 1.95 bits per heavy atom. The Bertz CT molecular complexity index is 468. The molecule has 0 unspecified atom stereocenters. The number of hydrogen-bond acceptors (Lipinski definition) is 3. The van der Waals surface area contributed by atoms with E-state index in [1.54, 1.807) is 4.90 Å². The topological polar surface area (TPSA) is 46.6 Å². The quantitative estimate of drug-likeness (QED) is 0.766. The molecule has 0 N–H and O–H groups in total. The third kappa shape index (κ3) is 4.09. The summed E-state index contributed by atoms with van der Waals surface area (Å²) in [4.78, 5) is 25.2. The van der Waals surface area contributed by atoms with Crippen molar-refractivity contribution in [1.82, 2.24) is 4.90 Å². The van der Waals surface area contributed by atoms with Gasteiger partial charge in [0.05, 0.1) is 13.5 Å². The number of carbonyl (C=O) groups excluding carboxylic acids is 2. The van der Waals surface area contributed by atoms with Gasteiger partial charge in [0.25, 0.3) is 5.91 Å². The SMILES string of the molecule is CCN(CCC(=O)OC)C(=O)c1ccc(C)cc1C. The Morgan fingerprint density at radius 1 is 1.26 bits per heavy atom. The van der Waals surface area contributed by atoms with Crippen LogP contribution >= 0.6 is 0 Å². The summed E-state index contributed by atoms with van der Waals surface area (Å²) in [6.07, 6.45) is 0.223. The first kappa shape index (κ1) is 15.2. The molecule has 104 valence electrons. The van der Waals surface area contributed by atoms with Crippen molar-refractivity contribution in [3.8, 4) is 0 Å². The lowest BCUT2D eigenvalue weighted by Crippen LogP contribution is -2.33. The average Bonchev–Trinajstić information content (AvgIpc) is 2.38. The number of rotatable bonds is 5. The summed E-state index contributed by atoms with van der Waals surface area (Å²) in [5.74, 6) is -0.337. The molecule has 4 heteroatoms. The zero-order valence-corrected chi connectivity index (χ0v) is 12.0. The van der Waals surface area contributed by atoms with Gasteiger partial charge in [0.2, 0.25) is 0 Å². The minimum atomic E-state index is -0.299. The predicted molar refractivity (Wildman–Crippen MR) is 74.1 cm³/mol. The van der Waals surface area contributed by atoms with Gasteiger partial charge in [-0.15, -0.1) is 0 Å². The van der Waals surface area contributed by atoms with E-state index >= 15 is 0 Å². The molecule has 0 spiro atoms. The Labute approximate surface area is 114 Å². The van der Waals surface area contributed by atoms with Crippen LogP contribution in [-0.2, 0) is 9.53 Å². The molecule has 0 bridgehead atoms. The third-order valence-electron chi connectivity index (χ3n) is 3.09. The minimum Gasteiger partial charge on any atom is -0.469 e. The van der Waals surface area contributed by atoms with Gasteiger partial charge in [-0.05, 0) is 32.4 Å².